The third kappa shape index (κ3) is 2.82. The van der Waals surface area contributed by atoms with Crippen LogP contribution in [0.3, 0.4) is 0 Å². The number of rotatable bonds is 4. The van der Waals surface area contributed by atoms with Gasteiger partial charge in [-0.1, -0.05) is 0 Å². The SMILES string of the molecule is Cc1cc(CN)cnc1N(C)CC1CCCN1C. The van der Waals surface area contributed by atoms with Gasteiger partial charge in [0, 0.05) is 32.4 Å². The van der Waals surface area contributed by atoms with Crippen molar-refractivity contribution in [1.29, 1.82) is 0 Å². The van der Waals surface area contributed by atoms with E-state index in [4.69, 9.17) is 5.73 Å². The Morgan fingerprint density at radius 2 is 2.33 bits per heavy atom. The Bertz CT molecular complexity index is 405. The van der Waals surface area contributed by atoms with Gasteiger partial charge in [-0.25, -0.2) is 4.98 Å². The van der Waals surface area contributed by atoms with Crippen molar-refractivity contribution in [2.24, 2.45) is 5.73 Å². The Labute approximate surface area is 110 Å². The highest BCUT2D eigenvalue weighted by atomic mass is 15.2. The lowest BCUT2D eigenvalue weighted by Crippen LogP contribution is -2.37. The highest BCUT2D eigenvalue weighted by molar-refractivity contribution is 5.46. The largest absolute Gasteiger partial charge is 0.358 e. The molecular formula is C14H24N4. The predicted octanol–water partition coefficient (Wildman–Crippen LogP) is 1.38. The summed E-state index contributed by atoms with van der Waals surface area (Å²) in [6.45, 7) is 4.93. The van der Waals surface area contributed by atoms with Gasteiger partial charge in [-0.05, 0) is 50.6 Å². The third-order valence-corrected chi connectivity index (χ3v) is 3.86. The number of nitrogens with zero attached hydrogens (tertiary/aromatic N) is 3. The first-order valence-electron chi connectivity index (χ1n) is 6.68. The molecule has 2 N–H and O–H groups in total. The van der Waals surface area contributed by atoms with E-state index in [1.165, 1.54) is 24.9 Å². The van der Waals surface area contributed by atoms with E-state index >= 15 is 0 Å². The van der Waals surface area contributed by atoms with Crippen LogP contribution < -0.4 is 10.6 Å². The van der Waals surface area contributed by atoms with Crippen molar-refractivity contribution in [3.05, 3.63) is 23.4 Å². The summed E-state index contributed by atoms with van der Waals surface area (Å²) in [5.41, 5.74) is 7.94. The fraction of sp³-hybridized carbons (Fsp3) is 0.643. The molecule has 1 unspecified atom stereocenters. The zero-order valence-electron chi connectivity index (χ0n) is 11.7. The Morgan fingerprint density at radius 1 is 1.56 bits per heavy atom. The van der Waals surface area contributed by atoms with Gasteiger partial charge in [-0.2, -0.15) is 0 Å². The molecule has 0 spiro atoms. The summed E-state index contributed by atoms with van der Waals surface area (Å²) in [7, 11) is 4.34. The van der Waals surface area contributed by atoms with E-state index in [0.29, 0.717) is 12.6 Å². The minimum atomic E-state index is 0.559. The zero-order chi connectivity index (χ0) is 13.1. The van der Waals surface area contributed by atoms with Gasteiger partial charge >= 0.3 is 0 Å². The Kier molecular flexibility index (Phi) is 4.19. The molecule has 2 heterocycles. The first-order chi connectivity index (χ1) is 8.61. The number of likely N-dealkylation sites (N-methyl/N-ethyl adjacent to an activating group) is 2. The van der Waals surface area contributed by atoms with Crippen LogP contribution in [-0.2, 0) is 6.54 Å². The highest BCUT2D eigenvalue weighted by Gasteiger charge is 2.22. The lowest BCUT2D eigenvalue weighted by molar-refractivity contribution is 0.314. The molecular weight excluding hydrogens is 224 g/mol. The summed E-state index contributed by atoms with van der Waals surface area (Å²) in [4.78, 5) is 9.25. The molecule has 4 heteroatoms. The van der Waals surface area contributed by atoms with E-state index in [9.17, 15) is 0 Å². The van der Waals surface area contributed by atoms with E-state index in [1.807, 2.05) is 6.20 Å². The van der Waals surface area contributed by atoms with Gasteiger partial charge in [-0.3, -0.25) is 0 Å². The summed E-state index contributed by atoms with van der Waals surface area (Å²) in [6.07, 6.45) is 4.49. The van der Waals surface area contributed by atoms with Gasteiger partial charge in [0.05, 0.1) is 0 Å². The van der Waals surface area contributed by atoms with E-state index in [2.05, 4.69) is 41.9 Å². The molecule has 18 heavy (non-hydrogen) atoms. The molecule has 1 aliphatic rings. The molecule has 2 rings (SSSR count). The van der Waals surface area contributed by atoms with Crippen LogP contribution in [0.2, 0.25) is 0 Å². The van der Waals surface area contributed by atoms with Crippen LogP contribution in [0.15, 0.2) is 12.3 Å². The zero-order valence-corrected chi connectivity index (χ0v) is 11.7. The Morgan fingerprint density at radius 3 is 2.89 bits per heavy atom. The number of hydrogen-bond acceptors (Lipinski definition) is 4. The van der Waals surface area contributed by atoms with Gasteiger partial charge in [-0.15, -0.1) is 0 Å². The van der Waals surface area contributed by atoms with Crippen LogP contribution in [0.5, 0.6) is 0 Å². The molecule has 1 aromatic rings. The molecule has 0 aliphatic carbocycles. The first-order valence-corrected chi connectivity index (χ1v) is 6.68. The number of nitrogens with two attached hydrogens (primary N) is 1. The number of aromatic nitrogens is 1. The Hall–Kier alpha value is -1.13. The van der Waals surface area contributed by atoms with Crippen molar-refractivity contribution >= 4 is 5.82 Å². The normalized spacial score (nSPS) is 20.3. The van der Waals surface area contributed by atoms with Crippen molar-refractivity contribution in [1.82, 2.24) is 9.88 Å². The van der Waals surface area contributed by atoms with Crippen LogP contribution in [0, 0.1) is 6.92 Å². The number of pyridine rings is 1. The molecule has 1 aliphatic heterocycles. The van der Waals surface area contributed by atoms with Crippen LogP contribution >= 0.6 is 0 Å². The number of aryl methyl sites for hydroxylation is 1. The maximum absolute atomic E-state index is 5.63. The molecule has 0 saturated carbocycles. The summed E-state index contributed by atoms with van der Waals surface area (Å²) >= 11 is 0. The van der Waals surface area contributed by atoms with Crippen molar-refractivity contribution in [2.45, 2.75) is 32.4 Å². The second-order valence-corrected chi connectivity index (χ2v) is 5.35. The van der Waals surface area contributed by atoms with Crippen LogP contribution in [0.1, 0.15) is 24.0 Å². The molecule has 1 fully saturated rings. The van der Waals surface area contributed by atoms with Crippen LogP contribution in [-0.4, -0.2) is 43.1 Å². The van der Waals surface area contributed by atoms with Crippen molar-refractivity contribution in [3.63, 3.8) is 0 Å². The lowest BCUT2D eigenvalue weighted by Gasteiger charge is -2.27. The summed E-state index contributed by atoms with van der Waals surface area (Å²) in [5, 5.41) is 0. The number of likely N-dealkylation sites (tertiary alicyclic amines) is 1. The second kappa shape index (κ2) is 5.67. The van der Waals surface area contributed by atoms with E-state index in [1.54, 1.807) is 0 Å². The standard InChI is InChI=1S/C14H24N4/c1-11-7-12(8-15)9-16-14(11)18(3)10-13-5-4-6-17(13)2/h7,9,13H,4-6,8,10,15H2,1-3H3. The summed E-state index contributed by atoms with van der Waals surface area (Å²) < 4.78 is 0. The fourth-order valence-electron chi connectivity index (χ4n) is 2.75. The van der Waals surface area contributed by atoms with Gasteiger partial charge in [0.25, 0.3) is 0 Å². The maximum Gasteiger partial charge on any atom is 0.131 e. The third-order valence-electron chi connectivity index (χ3n) is 3.86. The number of hydrogen-bond donors (Lipinski definition) is 1. The topological polar surface area (TPSA) is 45.4 Å². The monoisotopic (exact) mass is 248 g/mol. The lowest BCUT2D eigenvalue weighted by atomic mass is 10.1. The molecule has 1 aromatic heterocycles. The maximum atomic E-state index is 5.63. The smallest absolute Gasteiger partial charge is 0.131 e. The minimum Gasteiger partial charge on any atom is -0.358 e. The molecule has 1 saturated heterocycles. The van der Waals surface area contributed by atoms with Gasteiger partial charge in [0.2, 0.25) is 0 Å². The summed E-state index contributed by atoms with van der Waals surface area (Å²) in [5.74, 6) is 1.08. The van der Waals surface area contributed by atoms with Crippen LogP contribution in [0.25, 0.3) is 0 Å². The second-order valence-electron chi connectivity index (χ2n) is 5.35. The van der Waals surface area contributed by atoms with E-state index in [-0.39, 0.29) is 0 Å². The van der Waals surface area contributed by atoms with Crippen LogP contribution in [0.4, 0.5) is 5.82 Å². The average molecular weight is 248 g/mol. The quantitative estimate of drug-likeness (QED) is 0.874. The molecule has 100 valence electrons. The fourth-order valence-corrected chi connectivity index (χ4v) is 2.75. The van der Waals surface area contributed by atoms with Crippen molar-refractivity contribution in [3.8, 4) is 0 Å². The van der Waals surface area contributed by atoms with E-state index < -0.39 is 0 Å². The minimum absolute atomic E-state index is 0.559. The highest BCUT2D eigenvalue weighted by Crippen LogP contribution is 2.20. The Balaban J connectivity index is 2.06. The summed E-state index contributed by atoms with van der Waals surface area (Å²) in [6, 6.07) is 2.79. The molecule has 1 atom stereocenters. The average Bonchev–Trinajstić information content (AvgIpc) is 2.74. The molecule has 0 bridgehead atoms. The molecule has 0 amide bonds. The van der Waals surface area contributed by atoms with Gasteiger partial charge in [0.15, 0.2) is 0 Å². The number of anilines is 1. The van der Waals surface area contributed by atoms with Crippen molar-refractivity contribution < 1.29 is 0 Å². The van der Waals surface area contributed by atoms with Gasteiger partial charge < -0.3 is 15.5 Å². The van der Waals surface area contributed by atoms with Crippen molar-refractivity contribution in [2.75, 3.05) is 32.1 Å². The molecule has 0 radical (unpaired) electrons. The molecule has 4 nitrogen and oxygen atoms in total. The van der Waals surface area contributed by atoms with E-state index in [0.717, 1.165) is 17.9 Å². The predicted molar refractivity (Wildman–Crippen MR) is 75.8 cm³/mol. The van der Waals surface area contributed by atoms with Gasteiger partial charge in [0.1, 0.15) is 5.82 Å². The molecule has 0 aromatic carbocycles. The first kappa shape index (κ1) is 13.3.